The second-order valence-electron chi connectivity index (χ2n) is 11.4. The van der Waals surface area contributed by atoms with E-state index in [4.69, 9.17) is 23.7 Å². The molecule has 0 radical (unpaired) electrons. The van der Waals surface area contributed by atoms with Crippen molar-refractivity contribution in [3.8, 4) is 0 Å². The molecule has 7 nitrogen and oxygen atoms in total. The molecule has 0 aromatic rings. The number of allylic oxidation sites excluding steroid dienone is 4. The molecule has 9 heteroatoms. The minimum atomic E-state index is -0.332. The third kappa shape index (κ3) is 24.2. The SMILES string of the molecule is CCCCOC(CC(CBr)CCC=C(C)CCC(=O)OC)OC(CC(CBr)CCC=C(C)CCC(=O)OC)OCCCC. The molecule has 0 heterocycles. The van der Waals surface area contributed by atoms with E-state index in [1.54, 1.807) is 0 Å². The lowest BCUT2D eigenvalue weighted by Gasteiger charge is -2.29. The van der Waals surface area contributed by atoms with E-state index < -0.39 is 0 Å². The van der Waals surface area contributed by atoms with Crippen LogP contribution in [0.15, 0.2) is 23.3 Å². The van der Waals surface area contributed by atoms with Gasteiger partial charge in [-0.25, -0.2) is 0 Å². The number of ether oxygens (including phenoxy) is 5. The summed E-state index contributed by atoms with van der Waals surface area (Å²) in [6, 6.07) is 0. The lowest BCUT2D eigenvalue weighted by Crippen LogP contribution is -2.31. The van der Waals surface area contributed by atoms with Crippen LogP contribution >= 0.6 is 31.9 Å². The summed E-state index contributed by atoms with van der Waals surface area (Å²) in [4.78, 5) is 22.9. The molecule has 0 aliphatic carbocycles. The zero-order chi connectivity index (χ0) is 32.3. The predicted molar refractivity (Wildman–Crippen MR) is 183 cm³/mol. The highest BCUT2D eigenvalue weighted by molar-refractivity contribution is 9.09. The Morgan fingerprint density at radius 1 is 0.674 bits per heavy atom. The molecule has 0 aliphatic rings. The number of carbonyl (C=O) groups excluding carboxylic acids is 2. The summed E-state index contributed by atoms with van der Waals surface area (Å²) in [6.45, 7) is 9.81. The number of carbonyl (C=O) groups is 2. The molecule has 43 heavy (non-hydrogen) atoms. The monoisotopic (exact) mass is 738 g/mol. The maximum absolute atomic E-state index is 11.5. The van der Waals surface area contributed by atoms with Crippen molar-refractivity contribution in [2.45, 2.75) is 130 Å². The van der Waals surface area contributed by atoms with Crippen LogP contribution in [0.1, 0.15) is 118 Å². The van der Waals surface area contributed by atoms with Gasteiger partial charge in [0, 0.05) is 49.6 Å². The molecular formula is C34H60Br2O7. The van der Waals surface area contributed by atoms with Gasteiger partial charge in [-0.1, -0.05) is 81.8 Å². The first kappa shape index (κ1) is 42.3. The standard InChI is InChI=1S/C34H60Br2O7/c1-7-9-21-41-33(23-29(25-35)15-11-13-27(3)17-19-31(37)39-5)43-34(42-22-10-8-2)24-30(26-36)16-12-14-28(4)18-20-32(38)40-6/h13-14,29-30,33-34H,7-12,15-26H2,1-6H3. The first-order valence-electron chi connectivity index (χ1n) is 16.2. The fourth-order valence-corrected chi connectivity index (χ4v) is 5.59. The smallest absolute Gasteiger partial charge is 0.305 e. The van der Waals surface area contributed by atoms with Gasteiger partial charge < -0.3 is 23.7 Å². The van der Waals surface area contributed by atoms with Gasteiger partial charge in [-0.3, -0.25) is 9.59 Å². The molecule has 0 saturated heterocycles. The van der Waals surface area contributed by atoms with Gasteiger partial charge in [-0.2, -0.15) is 0 Å². The van der Waals surface area contributed by atoms with Gasteiger partial charge in [0.15, 0.2) is 12.6 Å². The third-order valence-corrected chi connectivity index (χ3v) is 9.26. The highest BCUT2D eigenvalue weighted by Gasteiger charge is 2.24. The quantitative estimate of drug-likeness (QED) is 0.0260. The Balaban J connectivity index is 5.29. The van der Waals surface area contributed by atoms with Gasteiger partial charge in [0.1, 0.15) is 0 Å². The molecule has 0 aromatic heterocycles. The van der Waals surface area contributed by atoms with E-state index in [1.165, 1.54) is 25.4 Å². The van der Waals surface area contributed by atoms with Crippen molar-refractivity contribution in [1.29, 1.82) is 0 Å². The Kier molecular flexibility index (Phi) is 28.2. The Bertz CT molecular complexity index is 710. The summed E-state index contributed by atoms with van der Waals surface area (Å²) >= 11 is 7.45. The van der Waals surface area contributed by atoms with Crippen molar-refractivity contribution >= 4 is 43.8 Å². The molecule has 0 bridgehead atoms. The Hall–Kier alpha value is -0.740. The highest BCUT2D eigenvalue weighted by atomic mass is 79.9. The number of unbranched alkanes of at least 4 members (excludes halogenated alkanes) is 2. The lowest BCUT2D eigenvalue weighted by molar-refractivity contribution is -0.255. The van der Waals surface area contributed by atoms with Gasteiger partial charge in [-0.15, -0.1) is 0 Å². The van der Waals surface area contributed by atoms with Gasteiger partial charge in [0.05, 0.1) is 14.2 Å². The van der Waals surface area contributed by atoms with E-state index in [0.717, 1.165) is 87.7 Å². The molecule has 4 unspecified atom stereocenters. The zero-order valence-corrected chi connectivity index (χ0v) is 31.0. The number of halogens is 2. The number of hydrogen-bond acceptors (Lipinski definition) is 7. The predicted octanol–water partition coefficient (Wildman–Crippen LogP) is 9.45. The van der Waals surface area contributed by atoms with E-state index >= 15 is 0 Å². The molecule has 0 aromatic carbocycles. The summed E-state index contributed by atoms with van der Waals surface area (Å²) in [7, 11) is 2.86. The first-order valence-corrected chi connectivity index (χ1v) is 18.4. The Morgan fingerprint density at radius 2 is 1.07 bits per heavy atom. The molecule has 0 saturated carbocycles. The van der Waals surface area contributed by atoms with Crippen LogP contribution in [0.3, 0.4) is 0 Å². The number of hydrogen-bond donors (Lipinski definition) is 0. The molecular weight excluding hydrogens is 680 g/mol. The van der Waals surface area contributed by atoms with Crippen molar-refractivity contribution in [2.24, 2.45) is 11.8 Å². The number of rotatable bonds is 28. The van der Waals surface area contributed by atoms with E-state index in [2.05, 4.69) is 71.7 Å². The largest absolute Gasteiger partial charge is 0.469 e. The average molecular weight is 741 g/mol. The summed E-state index contributed by atoms with van der Waals surface area (Å²) in [5.74, 6) is 0.432. The average Bonchev–Trinajstić information content (AvgIpc) is 3.01. The van der Waals surface area contributed by atoms with E-state index in [1.807, 2.05) is 0 Å². The topological polar surface area (TPSA) is 80.3 Å². The van der Waals surface area contributed by atoms with Crippen LogP contribution in [0, 0.1) is 11.8 Å². The van der Waals surface area contributed by atoms with Crippen molar-refractivity contribution in [3.05, 3.63) is 23.3 Å². The number of alkyl halides is 2. The van der Waals surface area contributed by atoms with Crippen LogP contribution in [0.2, 0.25) is 0 Å². The molecule has 0 fully saturated rings. The normalized spacial score (nSPS) is 15.2. The van der Waals surface area contributed by atoms with Gasteiger partial charge >= 0.3 is 11.9 Å². The van der Waals surface area contributed by atoms with Crippen LogP contribution in [0.4, 0.5) is 0 Å². The molecule has 252 valence electrons. The first-order chi connectivity index (χ1) is 20.7. The van der Waals surface area contributed by atoms with Crippen molar-refractivity contribution < 1.29 is 33.3 Å². The van der Waals surface area contributed by atoms with Crippen LogP contribution in [-0.4, -0.2) is 62.6 Å². The van der Waals surface area contributed by atoms with E-state index in [0.29, 0.717) is 37.9 Å². The summed E-state index contributed by atoms with van der Waals surface area (Å²) < 4.78 is 28.7. The molecule has 0 spiro atoms. The second kappa shape index (κ2) is 28.7. The summed E-state index contributed by atoms with van der Waals surface area (Å²) in [6.07, 6.45) is 15.7. The number of esters is 2. The number of methoxy groups -OCH3 is 2. The van der Waals surface area contributed by atoms with E-state index in [-0.39, 0.29) is 24.5 Å². The highest BCUT2D eigenvalue weighted by Crippen LogP contribution is 2.25. The minimum absolute atomic E-state index is 0.171. The van der Waals surface area contributed by atoms with Crippen LogP contribution in [0.25, 0.3) is 0 Å². The van der Waals surface area contributed by atoms with Crippen LogP contribution < -0.4 is 0 Å². The molecule has 0 N–H and O–H groups in total. The fraction of sp³-hybridized carbons (Fsp3) is 0.824. The second-order valence-corrected chi connectivity index (χ2v) is 12.7. The van der Waals surface area contributed by atoms with Gasteiger partial charge in [0.2, 0.25) is 0 Å². The van der Waals surface area contributed by atoms with Crippen LogP contribution in [0.5, 0.6) is 0 Å². The molecule has 0 rings (SSSR count). The van der Waals surface area contributed by atoms with Gasteiger partial charge in [0.25, 0.3) is 0 Å². The minimum Gasteiger partial charge on any atom is -0.469 e. The maximum Gasteiger partial charge on any atom is 0.305 e. The van der Waals surface area contributed by atoms with Crippen molar-refractivity contribution in [1.82, 2.24) is 0 Å². The molecule has 4 atom stereocenters. The van der Waals surface area contributed by atoms with Crippen LogP contribution in [-0.2, 0) is 33.3 Å². The van der Waals surface area contributed by atoms with Crippen molar-refractivity contribution in [3.63, 3.8) is 0 Å². The lowest BCUT2D eigenvalue weighted by atomic mass is 9.99. The maximum atomic E-state index is 11.5. The van der Waals surface area contributed by atoms with Crippen molar-refractivity contribution in [2.75, 3.05) is 38.1 Å². The summed E-state index contributed by atoms with van der Waals surface area (Å²) in [5, 5.41) is 1.73. The Morgan fingerprint density at radius 3 is 1.40 bits per heavy atom. The van der Waals surface area contributed by atoms with E-state index in [9.17, 15) is 9.59 Å². The zero-order valence-electron chi connectivity index (χ0n) is 27.8. The fourth-order valence-electron chi connectivity index (χ4n) is 4.41. The third-order valence-electron chi connectivity index (χ3n) is 7.43. The van der Waals surface area contributed by atoms with Gasteiger partial charge in [-0.05, 0) is 77.0 Å². The Labute approximate surface area is 279 Å². The molecule has 0 aliphatic heterocycles. The summed E-state index contributed by atoms with van der Waals surface area (Å²) in [5.41, 5.74) is 2.42. The molecule has 0 amide bonds.